The Morgan fingerprint density at radius 1 is 1.19 bits per heavy atom. The smallest absolute Gasteiger partial charge is 0.116 e. The predicted molar refractivity (Wildman–Crippen MR) is 128 cm³/mol. The first-order chi connectivity index (χ1) is 15.2. The Morgan fingerprint density at radius 2 is 2.13 bits per heavy atom. The zero-order chi connectivity index (χ0) is 21.2. The Balaban J connectivity index is 1.53. The van der Waals surface area contributed by atoms with Crippen LogP contribution < -0.4 is 15.9 Å². The van der Waals surface area contributed by atoms with Crippen LogP contribution in [0.1, 0.15) is 13.3 Å². The highest BCUT2D eigenvalue weighted by Crippen LogP contribution is 2.30. The van der Waals surface area contributed by atoms with Crippen molar-refractivity contribution in [2.24, 2.45) is 0 Å². The maximum absolute atomic E-state index is 4.56. The summed E-state index contributed by atoms with van der Waals surface area (Å²) >= 11 is 0. The highest BCUT2D eigenvalue weighted by atomic mass is 15.1. The van der Waals surface area contributed by atoms with Crippen LogP contribution in [0.3, 0.4) is 0 Å². The molecular formula is C26H25N5. The first kappa shape index (κ1) is 19.3. The van der Waals surface area contributed by atoms with E-state index in [4.69, 9.17) is 0 Å². The number of hydrogen-bond acceptors (Lipinski definition) is 3. The van der Waals surface area contributed by atoms with Crippen LogP contribution in [0.4, 0.5) is 0 Å². The summed E-state index contributed by atoms with van der Waals surface area (Å²) in [5.74, 6) is 0. The minimum atomic E-state index is 0.840. The van der Waals surface area contributed by atoms with Gasteiger partial charge in [-0.25, -0.2) is 0 Å². The molecule has 5 heteroatoms. The van der Waals surface area contributed by atoms with Crippen molar-refractivity contribution >= 4 is 23.6 Å². The highest BCUT2D eigenvalue weighted by molar-refractivity contribution is 5.97. The van der Waals surface area contributed by atoms with Crippen molar-refractivity contribution in [3.8, 4) is 22.5 Å². The van der Waals surface area contributed by atoms with Crippen molar-refractivity contribution in [2.75, 3.05) is 13.1 Å². The van der Waals surface area contributed by atoms with Gasteiger partial charge in [-0.2, -0.15) is 5.10 Å². The maximum atomic E-state index is 4.56. The number of H-pyrrole nitrogens is 2. The number of pyridine rings is 1. The molecule has 1 aromatic carbocycles. The number of aromatic nitrogens is 4. The van der Waals surface area contributed by atoms with Crippen LogP contribution in [0, 0.1) is 0 Å². The molecule has 154 valence electrons. The monoisotopic (exact) mass is 407 g/mol. The van der Waals surface area contributed by atoms with E-state index in [1.54, 1.807) is 6.20 Å². The van der Waals surface area contributed by atoms with Gasteiger partial charge in [0.1, 0.15) is 5.69 Å². The molecule has 0 bridgehead atoms. The molecule has 0 fully saturated rings. The van der Waals surface area contributed by atoms with Gasteiger partial charge in [0.05, 0.1) is 11.0 Å². The number of nitrogens with zero attached hydrogens (tertiary/aromatic N) is 2. The molecule has 0 aliphatic carbocycles. The fraction of sp³-hybridized carbons (Fsp3) is 0.154. The SMILES string of the molecule is C=c1c(-c2cc3c(-c4cccnc4)cccc3[nH]2)n[nH]/c1=C/C=C(\C)C1=CCNCC1. The molecule has 3 N–H and O–H groups in total. The van der Waals surface area contributed by atoms with Crippen molar-refractivity contribution in [3.05, 3.63) is 82.7 Å². The normalized spacial score (nSPS) is 15.5. The highest BCUT2D eigenvalue weighted by Gasteiger charge is 2.11. The Hall–Kier alpha value is -3.70. The minimum absolute atomic E-state index is 0.840. The number of hydrogen-bond donors (Lipinski definition) is 3. The molecule has 31 heavy (non-hydrogen) atoms. The van der Waals surface area contributed by atoms with E-state index in [1.165, 1.54) is 11.1 Å². The fourth-order valence-corrected chi connectivity index (χ4v) is 4.09. The number of allylic oxidation sites excluding steroid dienone is 2. The van der Waals surface area contributed by atoms with Gasteiger partial charge in [0.2, 0.25) is 0 Å². The molecular weight excluding hydrogens is 382 g/mol. The Bertz CT molecular complexity index is 1400. The molecule has 0 spiro atoms. The Labute approximate surface area is 180 Å². The lowest BCUT2D eigenvalue weighted by atomic mass is 10.0. The van der Waals surface area contributed by atoms with Crippen molar-refractivity contribution in [2.45, 2.75) is 13.3 Å². The summed E-state index contributed by atoms with van der Waals surface area (Å²) in [7, 11) is 0. The first-order valence-electron chi connectivity index (χ1n) is 10.6. The standard InChI is InChI=1S/C26H25N5/c1-17(19-10-13-27-14-11-19)8-9-23-18(2)26(31-30-23)25-15-22-21(6-3-7-24(22)29-25)20-5-4-12-28-16-20/h3-10,12,15-16,27,29-30H,2,11,13-14H2,1H3/b17-8+,23-9+. The van der Waals surface area contributed by atoms with E-state index in [0.29, 0.717) is 0 Å². The van der Waals surface area contributed by atoms with E-state index >= 15 is 0 Å². The molecule has 0 saturated heterocycles. The molecule has 5 nitrogen and oxygen atoms in total. The summed E-state index contributed by atoms with van der Waals surface area (Å²) in [6.45, 7) is 8.42. The summed E-state index contributed by atoms with van der Waals surface area (Å²) in [4.78, 5) is 7.77. The topological polar surface area (TPSA) is 69.4 Å². The molecule has 0 amide bonds. The number of benzene rings is 1. The van der Waals surface area contributed by atoms with Gasteiger partial charge in [0, 0.05) is 40.6 Å². The van der Waals surface area contributed by atoms with Crippen LogP contribution in [0.25, 0.3) is 46.1 Å². The molecule has 0 unspecified atom stereocenters. The van der Waals surface area contributed by atoms with Crippen LogP contribution in [0.15, 0.2) is 72.1 Å². The average Bonchev–Trinajstić information content (AvgIpc) is 3.41. The van der Waals surface area contributed by atoms with Crippen molar-refractivity contribution < 1.29 is 0 Å². The molecule has 5 rings (SSSR count). The van der Waals surface area contributed by atoms with Gasteiger partial charge < -0.3 is 10.3 Å². The molecule has 1 aliphatic rings. The third kappa shape index (κ3) is 3.76. The molecule has 0 radical (unpaired) electrons. The summed E-state index contributed by atoms with van der Waals surface area (Å²) in [5, 5.41) is 14.0. The van der Waals surface area contributed by atoms with Gasteiger partial charge in [0.15, 0.2) is 0 Å². The van der Waals surface area contributed by atoms with Gasteiger partial charge in [-0.15, -0.1) is 0 Å². The van der Waals surface area contributed by atoms with Crippen molar-refractivity contribution in [1.29, 1.82) is 0 Å². The molecule has 1 aliphatic heterocycles. The Kier molecular flexibility index (Phi) is 5.10. The number of rotatable bonds is 4. The number of aromatic amines is 2. The number of fused-ring (bicyclic) bond motifs is 1. The lowest BCUT2D eigenvalue weighted by Crippen LogP contribution is -2.22. The fourth-order valence-electron chi connectivity index (χ4n) is 4.09. The van der Waals surface area contributed by atoms with E-state index in [1.807, 2.05) is 12.3 Å². The van der Waals surface area contributed by atoms with Gasteiger partial charge >= 0.3 is 0 Å². The lowest BCUT2D eigenvalue weighted by molar-refractivity contribution is 0.707. The molecule has 3 aromatic heterocycles. The van der Waals surface area contributed by atoms with E-state index in [9.17, 15) is 0 Å². The second-order valence-electron chi connectivity index (χ2n) is 7.86. The van der Waals surface area contributed by atoms with E-state index in [0.717, 1.165) is 63.5 Å². The van der Waals surface area contributed by atoms with Gasteiger partial charge in [0.25, 0.3) is 0 Å². The van der Waals surface area contributed by atoms with E-state index in [2.05, 4.69) is 87.5 Å². The molecule has 0 atom stereocenters. The summed E-state index contributed by atoms with van der Waals surface area (Å²) < 4.78 is 0. The van der Waals surface area contributed by atoms with Crippen molar-refractivity contribution in [3.63, 3.8) is 0 Å². The summed E-state index contributed by atoms with van der Waals surface area (Å²) in [5.41, 5.74) is 7.79. The summed E-state index contributed by atoms with van der Waals surface area (Å²) in [6.07, 6.45) is 11.2. The second kappa shape index (κ2) is 8.20. The maximum Gasteiger partial charge on any atom is 0.116 e. The largest absolute Gasteiger partial charge is 0.353 e. The van der Waals surface area contributed by atoms with Gasteiger partial charge in [-0.05, 0) is 60.9 Å². The van der Waals surface area contributed by atoms with E-state index < -0.39 is 0 Å². The number of nitrogens with one attached hydrogen (secondary N) is 3. The van der Waals surface area contributed by atoms with Crippen LogP contribution in [-0.4, -0.2) is 33.3 Å². The molecule has 4 heterocycles. The van der Waals surface area contributed by atoms with Gasteiger partial charge in [-0.3, -0.25) is 10.1 Å². The zero-order valence-corrected chi connectivity index (χ0v) is 17.6. The van der Waals surface area contributed by atoms with E-state index in [-0.39, 0.29) is 0 Å². The third-order valence-electron chi connectivity index (χ3n) is 5.86. The molecule has 0 saturated carbocycles. The lowest BCUT2D eigenvalue weighted by Gasteiger charge is -2.13. The average molecular weight is 408 g/mol. The van der Waals surface area contributed by atoms with Crippen LogP contribution in [-0.2, 0) is 0 Å². The van der Waals surface area contributed by atoms with Crippen LogP contribution in [0.5, 0.6) is 0 Å². The van der Waals surface area contributed by atoms with Gasteiger partial charge in [-0.1, -0.05) is 36.9 Å². The third-order valence-corrected chi connectivity index (χ3v) is 5.86. The summed E-state index contributed by atoms with van der Waals surface area (Å²) in [6, 6.07) is 12.4. The Morgan fingerprint density at radius 3 is 2.94 bits per heavy atom. The van der Waals surface area contributed by atoms with Crippen LogP contribution in [0.2, 0.25) is 0 Å². The predicted octanol–water partition coefficient (Wildman–Crippen LogP) is 3.68. The second-order valence-corrected chi connectivity index (χ2v) is 7.86. The van der Waals surface area contributed by atoms with Crippen molar-refractivity contribution in [1.82, 2.24) is 25.5 Å². The van der Waals surface area contributed by atoms with Crippen LogP contribution >= 0.6 is 0 Å². The first-order valence-corrected chi connectivity index (χ1v) is 10.6. The minimum Gasteiger partial charge on any atom is -0.353 e. The zero-order valence-electron chi connectivity index (χ0n) is 17.6. The quantitative estimate of drug-likeness (QED) is 0.483. The molecule has 4 aromatic rings.